The van der Waals surface area contributed by atoms with Crippen LogP contribution in [0.15, 0.2) is 54.6 Å². The third-order valence-electron chi connectivity index (χ3n) is 5.77. The van der Waals surface area contributed by atoms with Gasteiger partial charge in [0.2, 0.25) is 11.7 Å². The molecule has 35 heavy (non-hydrogen) atoms. The van der Waals surface area contributed by atoms with Gasteiger partial charge in [-0.25, -0.2) is 4.98 Å². The van der Waals surface area contributed by atoms with E-state index in [1.165, 1.54) is 11.0 Å². The highest BCUT2D eigenvalue weighted by Crippen LogP contribution is 2.32. The van der Waals surface area contributed by atoms with E-state index in [1.54, 1.807) is 31.3 Å². The molecule has 10 nitrogen and oxygen atoms in total. The number of likely N-dealkylation sites (N-methyl/N-ethyl adjacent to an activating group) is 1. The largest absolute Gasteiger partial charge is 0.489 e. The number of nitrogens with one attached hydrogen (secondary N) is 3. The number of anilines is 1. The van der Waals surface area contributed by atoms with Crippen LogP contribution >= 0.6 is 0 Å². The molecule has 10 heteroatoms. The van der Waals surface area contributed by atoms with Gasteiger partial charge < -0.3 is 20.3 Å². The molecule has 178 valence electrons. The molecule has 3 N–H and O–H groups in total. The third-order valence-corrected chi connectivity index (χ3v) is 5.77. The topological polar surface area (TPSA) is 129 Å². The van der Waals surface area contributed by atoms with Gasteiger partial charge in [0, 0.05) is 24.7 Å². The van der Waals surface area contributed by atoms with E-state index in [0.717, 1.165) is 24.0 Å². The summed E-state index contributed by atoms with van der Waals surface area (Å²) in [5.74, 6) is -0.163. The van der Waals surface area contributed by atoms with Crippen LogP contribution < -0.4 is 20.3 Å². The van der Waals surface area contributed by atoms with Gasteiger partial charge in [0.15, 0.2) is 5.82 Å². The third kappa shape index (κ3) is 5.06. The first-order valence-electron chi connectivity index (χ1n) is 11.3. The van der Waals surface area contributed by atoms with Crippen molar-refractivity contribution in [1.82, 2.24) is 25.8 Å². The highest BCUT2D eigenvalue weighted by molar-refractivity contribution is 6.02. The number of benzene rings is 2. The van der Waals surface area contributed by atoms with Crippen molar-refractivity contribution in [2.24, 2.45) is 0 Å². The number of H-pyrrole nitrogens is 1. The molecular weight excluding hydrogens is 448 g/mol. The van der Waals surface area contributed by atoms with Crippen LogP contribution in [0.3, 0.4) is 0 Å². The normalized spacial score (nSPS) is 17.5. The van der Waals surface area contributed by atoms with Crippen LogP contribution in [0.25, 0.3) is 17.5 Å². The molecule has 0 bridgehead atoms. The number of hydrogen-bond acceptors (Lipinski definition) is 6. The molecule has 2 aromatic carbocycles. The maximum atomic E-state index is 13.1. The molecule has 1 aromatic heterocycles. The van der Waals surface area contributed by atoms with Crippen molar-refractivity contribution in [2.75, 3.05) is 18.6 Å². The van der Waals surface area contributed by atoms with Crippen molar-refractivity contribution in [3.63, 3.8) is 0 Å². The van der Waals surface area contributed by atoms with Crippen molar-refractivity contribution >= 4 is 29.5 Å². The lowest BCUT2D eigenvalue weighted by Gasteiger charge is -2.20. The summed E-state index contributed by atoms with van der Waals surface area (Å²) >= 11 is 0. The summed E-state index contributed by atoms with van der Waals surface area (Å²) in [6, 6.07) is 13.9. The fourth-order valence-corrected chi connectivity index (χ4v) is 3.68. The zero-order chi connectivity index (χ0) is 24.4. The molecule has 0 spiro atoms. The lowest BCUT2D eigenvalue weighted by molar-refractivity contribution is -0.120. The Bertz CT molecular complexity index is 1300. The van der Waals surface area contributed by atoms with Gasteiger partial charge in [-0.1, -0.05) is 36.4 Å². The average Bonchev–Trinajstić information content (AvgIpc) is 3.57. The first-order chi connectivity index (χ1) is 17.0. The number of hydrogen-bond donors (Lipinski definition) is 3. The van der Waals surface area contributed by atoms with Gasteiger partial charge in [0.25, 0.3) is 11.8 Å². The minimum absolute atomic E-state index is 0.00188. The highest BCUT2D eigenvalue weighted by atomic mass is 16.5. The number of rotatable bonds is 6. The quantitative estimate of drug-likeness (QED) is 0.470. The molecule has 1 fully saturated rings. The number of fused-ring (bicyclic) bond motifs is 1. The molecule has 3 amide bonds. The molecule has 5 rings (SSSR count). The Hall–Kier alpha value is -4.47. The Morgan fingerprint density at radius 2 is 1.94 bits per heavy atom. The van der Waals surface area contributed by atoms with E-state index in [4.69, 9.17) is 4.74 Å². The molecule has 1 saturated carbocycles. The van der Waals surface area contributed by atoms with E-state index < -0.39 is 11.9 Å². The van der Waals surface area contributed by atoms with E-state index >= 15 is 0 Å². The van der Waals surface area contributed by atoms with E-state index in [9.17, 15) is 14.4 Å². The van der Waals surface area contributed by atoms with Crippen LogP contribution in [0.4, 0.5) is 5.69 Å². The van der Waals surface area contributed by atoms with E-state index in [0.29, 0.717) is 17.3 Å². The van der Waals surface area contributed by atoms with Crippen LogP contribution in [0, 0.1) is 0 Å². The van der Waals surface area contributed by atoms with Gasteiger partial charge in [-0.2, -0.15) is 5.10 Å². The Labute approximate surface area is 201 Å². The van der Waals surface area contributed by atoms with Crippen LogP contribution in [0.5, 0.6) is 5.75 Å². The Morgan fingerprint density at radius 3 is 2.71 bits per heavy atom. The number of nitrogens with zero attached hydrogens (tertiary/aromatic N) is 3. The van der Waals surface area contributed by atoms with Gasteiger partial charge in [-0.15, -0.1) is 0 Å². The predicted molar refractivity (Wildman–Crippen MR) is 129 cm³/mol. The van der Waals surface area contributed by atoms with Crippen molar-refractivity contribution < 1.29 is 19.1 Å². The molecule has 3 aromatic rings. The second-order valence-electron chi connectivity index (χ2n) is 8.45. The van der Waals surface area contributed by atoms with E-state index in [-0.39, 0.29) is 30.3 Å². The molecule has 1 aliphatic heterocycles. The molecular formula is C25H24N6O4. The number of ether oxygens (including phenoxy) is 1. The Kier molecular flexibility index (Phi) is 6.01. The van der Waals surface area contributed by atoms with Gasteiger partial charge >= 0.3 is 0 Å². The summed E-state index contributed by atoms with van der Waals surface area (Å²) in [4.78, 5) is 43.5. The van der Waals surface area contributed by atoms with Crippen LogP contribution in [-0.4, -0.2) is 58.6 Å². The lowest BCUT2D eigenvalue weighted by Crippen LogP contribution is -2.49. The van der Waals surface area contributed by atoms with Crippen LogP contribution in [-0.2, 0) is 9.59 Å². The second kappa shape index (κ2) is 9.41. The molecule has 0 unspecified atom stereocenters. The van der Waals surface area contributed by atoms with E-state index in [2.05, 4.69) is 25.8 Å². The van der Waals surface area contributed by atoms with Gasteiger partial charge in [-0.05, 0) is 36.6 Å². The van der Waals surface area contributed by atoms with Crippen LogP contribution in [0.1, 0.15) is 29.0 Å². The average molecular weight is 473 g/mol. The van der Waals surface area contributed by atoms with Crippen molar-refractivity contribution in [2.45, 2.75) is 24.9 Å². The number of aromatic nitrogens is 3. The number of carbonyl (C=O) groups is 3. The van der Waals surface area contributed by atoms with Gasteiger partial charge in [0.1, 0.15) is 18.4 Å². The maximum Gasteiger partial charge on any atom is 0.289 e. The zero-order valence-corrected chi connectivity index (χ0v) is 19.0. The minimum atomic E-state index is -0.923. The van der Waals surface area contributed by atoms with Gasteiger partial charge in [-0.3, -0.25) is 19.5 Å². The summed E-state index contributed by atoms with van der Waals surface area (Å²) in [5, 5.41) is 12.3. The molecule has 1 atom stereocenters. The summed E-state index contributed by atoms with van der Waals surface area (Å²) in [6.45, 7) is -0.0411. The smallest absolute Gasteiger partial charge is 0.289 e. The summed E-state index contributed by atoms with van der Waals surface area (Å²) in [6.07, 6.45) is 5.20. The standard InChI is InChI=1S/C25H24N6O4/c1-31-19-13-15(8-12-21(32)26-17-9-10-17)7-11-20(19)35-14-18(25(31)34)27-24(33)23-28-22(29-30-23)16-5-3-2-4-6-16/h2-8,11-13,17-18H,9-10,14H2,1H3,(H,26,32)(H,27,33)(H,28,29,30)/b12-8+/t18-/m0/s1. The zero-order valence-electron chi connectivity index (χ0n) is 19.0. The Morgan fingerprint density at radius 1 is 1.14 bits per heavy atom. The Balaban J connectivity index is 1.27. The van der Waals surface area contributed by atoms with E-state index in [1.807, 2.05) is 30.3 Å². The monoisotopic (exact) mass is 472 g/mol. The summed E-state index contributed by atoms with van der Waals surface area (Å²) in [7, 11) is 1.62. The number of aromatic amines is 1. The predicted octanol–water partition coefficient (Wildman–Crippen LogP) is 1.92. The maximum absolute atomic E-state index is 13.1. The first-order valence-corrected chi connectivity index (χ1v) is 11.3. The van der Waals surface area contributed by atoms with Crippen molar-refractivity contribution in [3.05, 3.63) is 66.0 Å². The van der Waals surface area contributed by atoms with Gasteiger partial charge in [0.05, 0.1) is 5.69 Å². The number of carbonyl (C=O) groups excluding carboxylic acids is 3. The minimum Gasteiger partial charge on any atom is -0.489 e. The molecule has 0 saturated heterocycles. The summed E-state index contributed by atoms with van der Waals surface area (Å²) in [5.41, 5.74) is 2.06. The number of amides is 3. The SMILES string of the molecule is CN1C(=O)[C@@H](NC(=O)c2nc(-c3ccccc3)n[nH]2)COc2ccc(/C=C/C(=O)NC3CC3)cc21. The molecule has 1 aliphatic carbocycles. The summed E-state index contributed by atoms with van der Waals surface area (Å²) < 4.78 is 5.83. The fourth-order valence-electron chi connectivity index (χ4n) is 3.68. The molecule has 2 aliphatic rings. The van der Waals surface area contributed by atoms with Crippen molar-refractivity contribution in [1.29, 1.82) is 0 Å². The second-order valence-corrected chi connectivity index (χ2v) is 8.45. The lowest BCUT2D eigenvalue weighted by atomic mass is 10.1. The van der Waals surface area contributed by atoms with Crippen LogP contribution in [0.2, 0.25) is 0 Å². The van der Waals surface area contributed by atoms with Crippen molar-refractivity contribution in [3.8, 4) is 17.1 Å². The molecule has 0 radical (unpaired) electrons. The first kappa shape index (κ1) is 22.3. The fraction of sp³-hybridized carbons (Fsp3) is 0.240. The molecule has 2 heterocycles. The highest BCUT2D eigenvalue weighted by Gasteiger charge is 2.31.